The highest BCUT2D eigenvalue weighted by molar-refractivity contribution is 9.10. The molecule has 1 saturated heterocycles. The van der Waals surface area contributed by atoms with Crippen molar-refractivity contribution in [3.8, 4) is 0 Å². The Bertz CT molecular complexity index is 1920. The van der Waals surface area contributed by atoms with Crippen LogP contribution in [0.2, 0.25) is 0 Å². The van der Waals surface area contributed by atoms with Gasteiger partial charge in [-0.25, -0.2) is 14.6 Å². The fourth-order valence-corrected chi connectivity index (χ4v) is 8.83. The molecule has 0 aliphatic carbocycles. The molecule has 1 aromatic carbocycles. The molecule has 2 amide bonds. The highest BCUT2D eigenvalue weighted by atomic mass is 79.9. The first-order chi connectivity index (χ1) is 27.4. The van der Waals surface area contributed by atoms with Gasteiger partial charge in [0.05, 0.1) is 34.0 Å². The number of allylic oxidation sites excluding steroid dienone is 6. The molecule has 0 radical (unpaired) electrons. The normalized spacial score (nSPS) is 21.1. The number of carbonyl (C=O) groups excluding carboxylic acids is 3. The standard InChI is InChI=1S/C42H53BrN4O9S/c1-7-21-45-28-30(43)26-33-40(45)44-34(41(33,3)19-23-52-5)14-10-8-11-15-35-42(4,20-24-53-6)32-27-31(57-56-55-51)25-29(2)39(32)46(35)22-13-9-12-16-38(50)54-47-36(48)17-18-37(47)49/h8,10-11,14-15,25-28H,7,9,12-13,16-24H2,1-6H3/p+1. The molecule has 0 spiro atoms. The maximum Gasteiger partial charge on any atom is 0.333 e. The molecule has 1 aromatic heterocycles. The summed E-state index contributed by atoms with van der Waals surface area (Å²) in [6.45, 7) is 11.3. The number of hydrogen-bond donors (Lipinski definition) is 1. The summed E-state index contributed by atoms with van der Waals surface area (Å²) >= 11 is 4.65. The van der Waals surface area contributed by atoms with Crippen molar-refractivity contribution in [1.82, 2.24) is 5.06 Å². The van der Waals surface area contributed by atoms with Crippen LogP contribution in [0.1, 0.15) is 95.2 Å². The summed E-state index contributed by atoms with van der Waals surface area (Å²) in [5, 5.41) is 13.4. The van der Waals surface area contributed by atoms with Crippen LogP contribution in [0.5, 0.6) is 0 Å². The molecule has 13 nitrogen and oxygen atoms in total. The van der Waals surface area contributed by atoms with Gasteiger partial charge < -0.3 is 19.2 Å². The SMILES string of the molecule is CCC[n+]1cc(Br)cc2c1N=C(/C=C/C=C/C=C1/N(CCCCCC(=O)ON3C(=O)CCC3=O)c3c(C)cc(SOOO)cc3C1(C)CCOC)C2(C)CCOC. The molecular weight excluding hydrogens is 816 g/mol. The van der Waals surface area contributed by atoms with Gasteiger partial charge >= 0.3 is 11.8 Å². The quantitative estimate of drug-likeness (QED) is 0.0247. The summed E-state index contributed by atoms with van der Waals surface area (Å²) < 4.78 is 19.2. The topological polar surface area (TPSA) is 140 Å². The molecule has 2 atom stereocenters. The molecule has 1 fully saturated rings. The van der Waals surface area contributed by atoms with Crippen LogP contribution in [0.4, 0.5) is 11.5 Å². The molecule has 1 N–H and O–H groups in total. The lowest BCUT2D eigenvalue weighted by molar-refractivity contribution is -0.684. The third-order valence-electron chi connectivity index (χ3n) is 10.9. The minimum Gasteiger partial charge on any atom is -0.385 e. The molecule has 2 aromatic rings. The van der Waals surface area contributed by atoms with E-state index in [0.29, 0.717) is 37.7 Å². The molecule has 57 heavy (non-hydrogen) atoms. The number of carbonyl (C=O) groups is 3. The Morgan fingerprint density at radius 2 is 1.72 bits per heavy atom. The van der Waals surface area contributed by atoms with Gasteiger partial charge in [-0.2, -0.15) is 0 Å². The van der Waals surface area contributed by atoms with E-state index in [9.17, 15) is 14.4 Å². The van der Waals surface area contributed by atoms with E-state index in [1.165, 1.54) is 5.56 Å². The number of ether oxygens (including phenoxy) is 2. The zero-order chi connectivity index (χ0) is 41.2. The zero-order valence-corrected chi connectivity index (χ0v) is 36.1. The largest absolute Gasteiger partial charge is 0.385 e. The lowest BCUT2D eigenvalue weighted by Gasteiger charge is -2.30. The second-order valence-corrected chi connectivity index (χ2v) is 16.6. The number of imide groups is 1. The second kappa shape index (κ2) is 20.3. The van der Waals surface area contributed by atoms with Crippen LogP contribution in [0.25, 0.3) is 0 Å². The number of unbranched alkanes of at least 4 members (excludes halogenated alkanes) is 2. The van der Waals surface area contributed by atoms with Crippen molar-refractivity contribution < 1.29 is 47.9 Å². The van der Waals surface area contributed by atoms with Crippen molar-refractivity contribution in [3.05, 3.63) is 81.6 Å². The third-order valence-corrected chi connectivity index (χ3v) is 11.9. The first-order valence-corrected chi connectivity index (χ1v) is 20.9. The third kappa shape index (κ3) is 10.1. The van der Waals surface area contributed by atoms with Crippen LogP contribution in [-0.4, -0.2) is 67.8 Å². The Balaban J connectivity index is 1.40. The van der Waals surface area contributed by atoms with Gasteiger partial charge in [-0.1, -0.05) is 36.6 Å². The van der Waals surface area contributed by atoms with Gasteiger partial charge in [0.15, 0.2) is 5.71 Å². The molecule has 308 valence electrons. The van der Waals surface area contributed by atoms with Crippen molar-refractivity contribution in [2.24, 2.45) is 4.99 Å². The summed E-state index contributed by atoms with van der Waals surface area (Å²) in [4.78, 5) is 49.5. The van der Waals surface area contributed by atoms with Crippen LogP contribution < -0.4 is 9.47 Å². The van der Waals surface area contributed by atoms with Crippen LogP contribution >= 0.6 is 28.0 Å². The number of aryl methyl sites for hydroxylation is 2. The summed E-state index contributed by atoms with van der Waals surface area (Å²) in [6, 6.07) is 6.23. The highest BCUT2D eigenvalue weighted by Crippen LogP contribution is 2.52. The lowest BCUT2D eigenvalue weighted by Crippen LogP contribution is -2.36. The summed E-state index contributed by atoms with van der Waals surface area (Å²) in [5.74, 6) is -0.581. The predicted octanol–water partition coefficient (Wildman–Crippen LogP) is 8.24. The average Bonchev–Trinajstić information content (AvgIpc) is 3.74. The Kier molecular flexibility index (Phi) is 15.8. The minimum absolute atomic E-state index is 0.0612. The van der Waals surface area contributed by atoms with Crippen LogP contribution in [-0.2, 0) is 55.4 Å². The highest BCUT2D eigenvalue weighted by Gasteiger charge is 2.46. The Hall–Kier alpha value is -3.70. The van der Waals surface area contributed by atoms with Crippen molar-refractivity contribution in [3.63, 3.8) is 0 Å². The maximum atomic E-state index is 12.4. The first kappa shape index (κ1) is 44.4. The smallest absolute Gasteiger partial charge is 0.333 e. The fraction of sp³-hybridized carbons (Fsp3) is 0.500. The van der Waals surface area contributed by atoms with Gasteiger partial charge in [0, 0.05) is 74.9 Å². The lowest BCUT2D eigenvalue weighted by atomic mass is 9.77. The predicted molar refractivity (Wildman–Crippen MR) is 221 cm³/mol. The Labute approximate surface area is 347 Å². The van der Waals surface area contributed by atoms with Crippen molar-refractivity contribution in [1.29, 1.82) is 0 Å². The molecule has 0 saturated carbocycles. The number of rotatable bonds is 21. The van der Waals surface area contributed by atoms with Gasteiger partial charge in [0.2, 0.25) is 0 Å². The zero-order valence-electron chi connectivity index (χ0n) is 33.7. The van der Waals surface area contributed by atoms with Gasteiger partial charge in [-0.15, -0.1) is 9.40 Å². The molecule has 15 heteroatoms. The molecule has 0 bridgehead atoms. The van der Waals surface area contributed by atoms with E-state index in [0.717, 1.165) is 87.7 Å². The summed E-state index contributed by atoms with van der Waals surface area (Å²) in [7, 11) is 3.42. The number of methoxy groups -OCH3 is 2. The number of anilines is 1. The van der Waals surface area contributed by atoms with Crippen molar-refractivity contribution in [2.75, 3.05) is 38.9 Å². The Morgan fingerprint density at radius 3 is 2.40 bits per heavy atom. The Morgan fingerprint density at radius 1 is 1.00 bits per heavy atom. The van der Waals surface area contributed by atoms with Crippen LogP contribution in [0, 0.1) is 6.92 Å². The number of aromatic nitrogens is 1. The maximum absolute atomic E-state index is 12.4. The number of hydrogen-bond acceptors (Lipinski definition) is 12. The van der Waals surface area contributed by atoms with E-state index in [-0.39, 0.29) is 24.7 Å². The van der Waals surface area contributed by atoms with Crippen molar-refractivity contribution in [2.45, 2.75) is 108 Å². The number of benzene rings is 1. The number of aliphatic imine (C=N–C) groups is 1. The number of fused-ring (bicyclic) bond motifs is 2. The van der Waals surface area contributed by atoms with E-state index >= 15 is 0 Å². The molecule has 3 aliphatic rings. The molecule has 4 heterocycles. The van der Waals surface area contributed by atoms with Crippen LogP contribution in [0.15, 0.2) is 74.8 Å². The van der Waals surface area contributed by atoms with Crippen molar-refractivity contribution >= 4 is 63.0 Å². The monoisotopic (exact) mass is 869 g/mol. The van der Waals surface area contributed by atoms with E-state index in [4.69, 9.17) is 28.9 Å². The van der Waals surface area contributed by atoms with Gasteiger partial charge in [-0.05, 0) is 115 Å². The molecule has 5 rings (SSSR count). The fourth-order valence-electron chi connectivity index (χ4n) is 7.85. The number of amides is 2. The molecule has 2 unspecified atom stereocenters. The molecular formula is C42H54BrN4O9S+. The summed E-state index contributed by atoms with van der Waals surface area (Å²) in [5.41, 5.74) is 5.68. The van der Waals surface area contributed by atoms with E-state index in [1.54, 1.807) is 14.2 Å². The van der Waals surface area contributed by atoms with Gasteiger partial charge in [-0.3, -0.25) is 9.59 Å². The average molecular weight is 871 g/mol. The van der Waals surface area contributed by atoms with Crippen LogP contribution in [0.3, 0.4) is 0 Å². The summed E-state index contributed by atoms with van der Waals surface area (Å²) in [6.07, 6.45) is 17.2. The second-order valence-electron chi connectivity index (χ2n) is 14.9. The molecule has 3 aliphatic heterocycles. The van der Waals surface area contributed by atoms with E-state index in [1.807, 2.05) is 18.2 Å². The van der Waals surface area contributed by atoms with E-state index < -0.39 is 23.2 Å². The number of halogens is 1. The number of nitrogens with zero attached hydrogens (tertiary/aromatic N) is 4. The minimum atomic E-state index is -0.592. The number of pyridine rings is 1. The van der Waals surface area contributed by atoms with Gasteiger partial charge in [0.25, 0.3) is 11.8 Å². The van der Waals surface area contributed by atoms with E-state index in [2.05, 4.69) is 94.7 Å². The van der Waals surface area contributed by atoms with Gasteiger partial charge in [0.1, 0.15) is 6.20 Å². The number of hydroxylamine groups is 2. The first-order valence-electron chi connectivity index (χ1n) is 19.4.